The molecule has 1 aromatic rings. The van der Waals surface area contributed by atoms with Gasteiger partial charge in [-0.1, -0.05) is 0 Å². The number of ether oxygens (including phenoxy) is 2. The van der Waals surface area contributed by atoms with Gasteiger partial charge in [-0.3, -0.25) is 15.0 Å². The van der Waals surface area contributed by atoms with Crippen LogP contribution in [0.5, 0.6) is 0 Å². The van der Waals surface area contributed by atoms with E-state index in [4.69, 9.17) is 9.47 Å². The fourth-order valence-corrected chi connectivity index (χ4v) is 1.90. The Morgan fingerprint density at radius 3 is 2.79 bits per heavy atom. The van der Waals surface area contributed by atoms with Gasteiger partial charge in [0.15, 0.2) is 6.23 Å². The van der Waals surface area contributed by atoms with E-state index in [0.29, 0.717) is 25.3 Å². The summed E-state index contributed by atoms with van der Waals surface area (Å²) >= 11 is 0. The second kappa shape index (κ2) is 5.66. The molecule has 102 valence electrons. The monoisotopic (exact) mass is 266 g/mol. The molecule has 1 saturated heterocycles. The van der Waals surface area contributed by atoms with Crippen LogP contribution in [0.1, 0.15) is 18.7 Å². The summed E-state index contributed by atoms with van der Waals surface area (Å²) in [4.78, 5) is 23.3. The van der Waals surface area contributed by atoms with Crippen LogP contribution in [0.4, 0.5) is 10.5 Å². The third kappa shape index (κ3) is 2.82. The first-order valence-corrected chi connectivity index (χ1v) is 5.93. The first-order valence-electron chi connectivity index (χ1n) is 5.93. The zero-order valence-corrected chi connectivity index (χ0v) is 10.4. The van der Waals surface area contributed by atoms with E-state index in [-0.39, 0.29) is 5.69 Å². The van der Waals surface area contributed by atoms with Gasteiger partial charge in [0.1, 0.15) is 0 Å². The summed E-state index contributed by atoms with van der Waals surface area (Å²) in [5, 5.41) is 10.6. The van der Waals surface area contributed by atoms with E-state index in [1.54, 1.807) is 19.1 Å². The topological polar surface area (TPSA) is 81.9 Å². The number of amides is 1. The van der Waals surface area contributed by atoms with Crippen molar-refractivity contribution in [2.24, 2.45) is 0 Å². The lowest BCUT2D eigenvalue weighted by Gasteiger charge is -2.22. The van der Waals surface area contributed by atoms with Gasteiger partial charge >= 0.3 is 6.09 Å². The summed E-state index contributed by atoms with van der Waals surface area (Å²) in [5.41, 5.74) is 0.695. The molecule has 7 heteroatoms. The SMILES string of the molecule is CCOC(=O)N1CCOC1c1ccc([N+](=O)[O-])cc1. The van der Waals surface area contributed by atoms with Crippen molar-refractivity contribution in [3.05, 3.63) is 39.9 Å². The lowest BCUT2D eigenvalue weighted by atomic mass is 10.2. The Kier molecular flexibility index (Phi) is 3.96. The number of carbonyl (C=O) groups excluding carboxylic acids is 1. The summed E-state index contributed by atoms with van der Waals surface area (Å²) < 4.78 is 10.4. The number of nitro groups is 1. The van der Waals surface area contributed by atoms with Gasteiger partial charge in [0.2, 0.25) is 0 Å². The van der Waals surface area contributed by atoms with E-state index < -0.39 is 17.2 Å². The fourth-order valence-electron chi connectivity index (χ4n) is 1.90. The van der Waals surface area contributed by atoms with Crippen LogP contribution in [0.3, 0.4) is 0 Å². The van der Waals surface area contributed by atoms with Crippen molar-refractivity contribution < 1.29 is 19.2 Å². The largest absolute Gasteiger partial charge is 0.450 e. The molecule has 1 aliphatic heterocycles. The maximum atomic E-state index is 11.7. The number of hydrogen-bond acceptors (Lipinski definition) is 5. The van der Waals surface area contributed by atoms with Gasteiger partial charge in [0, 0.05) is 17.7 Å². The predicted octanol–water partition coefficient (Wildman–Crippen LogP) is 2.08. The van der Waals surface area contributed by atoms with Gasteiger partial charge in [-0.05, 0) is 19.1 Å². The van der Waals surface area contributed by atoms with Gasteiger partial charge in [-0.2, -0.15) is 0 Å². The van der Waals surface area contributed by atoms with E-state index in [9.17, 15) is 14.9 Å². The fraction of sp³-hybridized carbons (Fsp3) is 0.417. The Labute approximate surface area is 109 Å². The minimum absolute atomic E-state index is 0.00410. The molecule has 1 amide bonds. The molecule has 1 aliphatic rings. The van der Waals surface area contributed by atoms with Crippen LogP contribution >= 0.6 is 0 Å². The molecule has 1 heterocycles. The number of hydrogen-bond donors (Lipinski definition) is 0. The van der Waals surface area contributed by atoms with Gasteiger partial charge in [0.05, 0.1) is 24.7 Å². The van der Waals surface area contributed by atoms with Crippen LogP contribution in [0.2, 0.25) is 0 Å². The Balaban J connectivity index is 2.15. The molecule has 1 aromatic carbocycles. The molecule has 0 saturated carbocycles. The van der Waals surface area contributed by atoms with Crippen LogP contribution < -0.4 is 0 Å². The predicted molar refractivity (Wildman–Crippen MR) is 65.5 cm³/mol. The van der Waals surface area contributed by atoms with Gasteiger partial charge in [-0.25, -0.2) is 4.79 Å². The molecular weight excluding hydrogens is 252 g/mol. The van der Waals surface area contributed by atoms with Gasteiger partial charge in [-0.15, -0.1) is 0 Å². The minimum Gasteiger partial charge on any atom is -0.450 e. The number of carbonyl (C=O) groups is 1. The number of benzene rings is 1. The molecule has 7 nitrogen and oxygen atoms in total. The number of nitro benzene ring substituents is 1. The Morgan fingerprint density at radius 1 is 1.53 bits per heavy atom. The normalized spacial score (nSPS) is 18.4. The molecule has 0 aliphatic carbocycles. The van der Waals surface area contributed by atoms with E-state index >= 15 is 0 Å². The molecular formula is C12H14N2O5. The zero-order valence-electron chi connectivity index (χ0n) is 10.4. The third-order valence-corrected chi connectivity index (χ3v) is 2.78. The quantitative estimate of drug-likeness (QED) is 0.618. The molecule has 0 spiro atoms. The van der Waals surface area contributed by atoms with E-state index in [2.05, 4.69) is 0 Å². The third-order valence-electron chi connectivity index (χ3n) is 2.78. The van der Waals surface area contributed by atoms with E-state index in [1.165, 1.54) is 17.0 Å². The summed E-state index contributed by atoms with van der Waals surface area (Å²) in [6.45, 7) is 2.89. The maximum Gasteiger partial charge on any atom is 0.412 e. The van der Waals surface area contributed by atoms with Crippen molar-refractivity contribution in [2.45, 2.75) is 13.2 Å². The number of non-ortho nitro benzene ring substituents is 1. The number of rotatable bonds is 3. The molecule has 0 radical (unpaired) electrons. The highest BCUT2D eigenvalue weighted by Gasteiger charge is 2.32. The first kappa shape index (κ1) is 13.3. The van der Waals surface area contributed by atoms with Crippen molar-refractivity contribution >= 4 is 11.8 Å². The van der Waals surface area contributed by atoms with Crippen molar-refractivity contribution in [3.8, 4) is 0 Å². The van der Waals surface area contributed by atoms with Crippen molar-refractivity contribution in [1.82, 2.24) is 4.90 Å². The van der Waals surface area contributed by atoms with Crippen molar-refractivity contribution in [1.29, 1.82) is 0 Å². The van der Waals surface area contributed by atoms with Crippen molar-refractivity contribution in [3.63, 3.8) is 0 Å². The second-order valence-electron chi connectivity index (χ2n) is 3.96. The molecule has 2 rings (SSSR count). The average molecular weight is 266 g/mol. The maximum absolute atomic E-state index is 11.7. The van der Waals surface area contributed by atoms with Crippen LogP contribution in [-0.4, -0.2) is 35.7 Å². The van der Waals surface area contributed by atoms with Gasteiger partial charge in [0.25, 0.3) is 5.69 Å². The highest BCUT2D eigenvalue weighted by atomic mass is 16.6. The first-order chi connectivity index (χ1) is 9.13. The lowest BCUT2D eigenvalue weighted by Crippen LogP contribution is -2.31. The van der Waals surface area contributed by atoms with Crippen LogP contribution in [0.15, 0.2) is 24.3 Å². The highest BCUT2D eigenvalue weighted by molar-refractivity contribution is 5.68. The van der Waals surface area contributed by atoms with Crippen LogP contribution in [0, 0.1) is 10.1 Å². The van der Waals surface area contributed by atoms with Gasteiger partial charge < -0.3 is 9.47 Å². The van der Waals surface area contributed by atoms with E-state index in [1.807, 2.05) is 0 Å². The standard InChI is InChI=1S/C12H14N2O5/c1-2-18-12(15)13-7-8-19-11(13)9-3-5-10(6-4-9)14(16)17/h3-6,11H,2,7-8H2,1H3. The molecule has 0 aromatic heterocycles. The van der Waals surface area contributed by atoms with Crippen molar-refractivity contribution in [2.75, 3.05) is 19.8 Å². The average Bonchev–Trinajstić information content (AvgIpc) is 2.88. The molecule has 1 unspecified atom stereocenters. The summed E-state index contributed by atoms with van der Waals surface area (Å²) in [7, 11) is 0. The molecule has 1 fully saturated rings. The molecule has 1 atom stereocenters. The summed E-state index contributed by atoms with van der Waals surface area (Å²) in [6.07, 6.45) is -0.983. The van der Waals surface area contributed by atoms with Crippen LogP contribution in [0.25, 0.3) is 0 Å². The molecule has 0 N–H and O–H groups in total. The van der Waals surface area contributed by atoms with Crippen LogP contribution in [-0.2, 0) is 9.47 Å². The summed E-state index contributed by atoms with van der Waals surface area (Å²) in [5.74, 6) is 0. The Morgan fingerprint density at radius 2 is 2.21 bits per heavy atom. The molecule has 0 bridgehead atoms. The lowest BCUT2D eigenvalue weighted by molar-refractivity contribution is -0.384. The summed E-state index contributed by atoms with van der Waals surface area (Å²) in [6, 6.07) is 5.95. The Bertz CT molecular complexity index is 474. The minimum atomic E-state index is -0.542. The van der Waals surface area contributed by atoms with E-state index in [0.717, 1.165) is 0 Å². The highest BCUT2D eigenvalue weighted by Crippen LogP contribution is 2.28. The smallest absolute Gasteiger partial charge is 0.412 e. The molecule has 19 heavy (non-hydrogen) atoms. The zero-order chi connectivity index (χ0) is 13.8. The second-order valence-corrected chi connectivity index (χ2v) is 3.96. The Hall–Kier alpha value is -2.15. The number of nitrogens with zero attached hydrogens (tertiary/aromatic N) is 2.